The molecular weight excluding hydrogens is 540 g/mol. The van der Waals surface area contributed by atoms with Crippen LogP contribution in [-0.4, -0.2) is 20.1 Å². The average Bonchev–Trinajstić information content (AvgIpc) is 2.73. The van der Waals surface area contributed by atoms with Gasteiger partial charge in [-0.2, -0.15) is 13.2 Å². The zero-order valence-corrected chi connectivity index (χ0v) is 19.6. The third-order valence-corrected chi connectivity index (χ3v) is 6.36. The molecule has 3 aromatic rings. The number of sulfonamides is 1. The molecule has 0 aliphatic carbocycles. The highest BCUT2D eigenvalue weighted by Gasteiger charge is 2.35. The van der Waals surface area contributed by atoms with E-state index in [1.807, 2.05) is 0 Å². The van der Waals surface area contributed by atoms with E-state index in [4.69, 9.17) is 27.9 Å². The molecule has 1 atom stereocenters. The van der Waals surface area contributed by atoms with Gasteiger partial charge < -0.3 is 4.74 Å². The molecule has 3 rings (SSSR count). The molecule has 0 radical (unpaired) electrons. The molecule has 0 spiro atoms. The van der Waals surface area contributed by atoms with Gasteiger partial charge in [0.05, 0.1) is 21.8 Å². The van der Waals surface area contributed by atoms with E-state index in [0.29, 0.717) is 12.1 Å². The Morgan fingerprint density at radius 1 is 0.971 bits per heavy atom. The summed E-state index contributed by atoms with van der Waals surface area (Å²) >= 11 is 11.5. The molecule has 0 amide bonds. The van der Waals surface area contributed by atoms with Gasteiger partial charge >= 0.3 is 12.1 Å². The quantitative estimate of drug-likeness (QED) is 0.263. The summed E-state index contributed by atoms with van der Waals surface area (Å²) in [4.78, 5) is 12.6. The summed E-state index contributed by atoms with van der Waals surface area (Å²) in [6, 6.07) is 9.90. The first kappa shape index (κ1) is 26.7. The zero-order chi connectivity index (χ0) is 26.0. The van der Waals surface area contributed by atoms with Crippen LogP contribution in [0.3, 0.4) is 0 Å². The van der Waals surface area contributed by atoms with Crippen molar-refractivity contribution in [2.45, 2.75) is 12.3 Å². The fourth-order valence-corrected chi connectivity index (χ4v) is 4.67. The lowest BCUT2D eigenvalue weighted by molar-refractivity contribution is -0.136. The number of hydrogen-bond acceptors (Lipinski definition) is 4. The fourth-order valence-electron chi connectivity index (χ4n) is 3.03. The standard InChI is InChI=1S/C22H14Cl2F5NO4S/c23-13-5-6-19(17(9-13)22(27,28)29)30-35(32,33)11-20(12-7-14(25)10-15(26)8-12)34-21(31)16-3-1-2-4-18(16)24/h1-10,20,30H,11H2. The number of benzene rings is 3. The number of anilines is 1. The second-order valence-electron chi connectivity index (χ2n) is 7.15. The Kier molecular flexibility index (Phi) is 7.93. The Morgan fingerprint density at radius 2 is 1.60 bits per heavy atom. The van der Waals surface area contributed by atoms with Crippen LogP contribution < -0.4 is 4.72 Å². The highest BCUT2D eigenvalue weighted by molar-refractivity contribution is 7.92. The number of alkyl halides is 3. The molecule has 186 valence electrons. The van der Waals surface area contributed by atoms with Crippen LogP contribution in [0.15, 0.2) is 60.7 Å². The molecule has 0 fully saturated rings. The van der Waals surface area contributed by atoms with Gasteiger partial charge in [0.1, 0.15) is 23.5 Å². The first-order valence-corrected chi connectivity index (χ1v) is 11.9. The molecule has 1 N–H and O–H groups in total. The summed E-state index contributed by atoms with van der Waals surface area (Å²) < 4.78 is 100. The second kappa shape index (κ2) is 10.4. The summed E-state index contributed by atoms with van der Waals surface area (Å²) in [5.74, 6) is -4.49. The Hall–Kier alpha value is -2.89. The van der Waals surface area contributed by atoms with E-state index < -0.39 is 56.9 Å². The Labute approximate surface area is 206 Å². The number of esters is 1. The van der Waals surface area contributed by atoms with Gasteiger partial charge in [0.2, 0.25) is 10.0 Å². The molecule has 0 bridgehead atoms. The summed E-state index contributed by atoms with van der Waals surface area (Å²) in [5, 5.41) is -0.333. The molecule has 3 aromatic carbocycles. The lowest BCUT2D eigenvalue weighted by Gasteiger charge is -2.21. The number of rotatable bonds is 7. The molecule has 0 heterocycles. The van der Waals surface area contributed by atoms with Crippen LogP contribution in [0.2, 0.25) is 10.0 Å². The number of carbonyl (C=O) groups excluding carboxylic acids is 1. The molecule has 13 heteroatoms. The molecule has 0 aromatic heterocycles. The van der Waals surface area contributed by atoms with E-state index in [-0.39, 0.29) is 21.2 Å². The van der Waals surface area contributed by atoms with E-state index >= 15 is 0 Å². The number of halogens is 7. The van der Waals surface area contributed by atoms with E-state index in [0.717, 1.165) is 24.3 Å². The predicted molar refractivity (Wildman–Crippen MR) is 120 cm³/mol. The van der Waals surface area contributed by atoms with Crippen molar-refractivity contribution in [2.24, 2.45) is 0 Å². The molecule has 35 heavy (non-hydrogen) atoms. The van der Waals surface area contributed by atoms with Crippen molar-refractivity contribution in [1.82, 2.24) is 0 Å². The molecule has 5 nitrogen and oxygen atoms in total. The molecular formula is C22H14Cl2F5NO4S. The van der Waals surface area contributed by atoms with Crippen molar-refractivity contribution in [3.8, 4) is 0 Å². The van der Waals surface area contributed by atoms with Crippen molar-refractivity contribution in [1.29, 1.82) is 0 Å². The van der Waals surface area contributed by atoms with Crippen molar-refractivity contribution in [3.05, 3.63) is 99.0 Å². The minimum atomic E-state index is -4.95. The van der Waals surface area contributed by atoms with Crippen LogP contribution in [0, 0.1) is 11.6 Å². The van der Waals surface area contributed by atoms with E-state index in [1.54, 1.807) is 4.72 Å². The molecule has 0 saturated heterocycles. The van der Waals surface area contributed by atoms with Gasteiger partial charge in [-0.1, -0.05) is 35.3 Å². The highest BCUT2D eigenvalue weighted by atomic mass is 35.5. The van der Waals surface area contributed by atoms with Gasteiger partial charge in [-0.05, 0) is 48.0 Å². The van der Waals surface area contributed by atoms with Crippen LogP contribution in [0.1, 0.15) is 27.6 Å². The van der Waals surface area contributed by atoms with Gasteiger partial charge in [0.25, 0.3) is 0 Å². The van der Waals surface area contributed by atoms with Crippen LogP contribution in [-0.2, 0) is 20.9 Å². The topological polar surface area (TPSA) is 72.5 Å². The summed E-state index contributed by atoms with van der Waals surface area (Å²) in [5.41, 5.74) is -2.77. The average molecular weight is 554 g/mol. The van der Waals surface area contributed by atoms with Crippen LogP contribution in [0.4, 0.5) is 27.6 Å². The van der Waals surface area contributed by atoms with Crippen molar-refractivity contribution >= 4 is 44.9 Å². The van der Waals surface area contributed by atoms with Crippen molar-refractivity contribution < 1.29 is 39.9 Å². The molecule has 0 saturated carbocycles. The highest BCUT2D eigenvalue weighted by Crippen LogP contribution is 2.37. The lowest BCUT2D eigenvalue weighted by atomic mass is 10.1. The van der Waals surface area contributed by atoms with E-state index in [9.17, 15) is 35.2 Å². The van der Waals surface area contributed by atoms with Crippen molar-refractivity contribution in [2.75, 3.05) is 10.5 Å². The number of nitrogens with one attached hydrogen (secondary N) is 1. The van der Waals surface area contributed by atoms with Crippen LogP contribution >= 0.6 is 23.2 Å². The third-order valence-electron chi connectivity index (χ3n) is 4.52. The largest absolute Gasteiger partial charge is 0.453 e. The molecule has 1 unspecified atom stereocenters. The minimum Gasteiger partial charge on any atom is -0.453 e. The van der Waals surface area contributed by atoms with Crippen LogP contribution in [0.25, 0.3) is 0 Å². The van der Waals surface area contributed by atoms with Gasteiger partial charge in [-0.25, -0.2) is 22.0 Å². The monoisotopic (exact) mass is 553 g/mol. The van der Waals surface area contributed by atoms with Crippen LogP contribution in [0.5, 0.6) is 0 Å². The summed E-state index contributed by atoms with van der Waals surface area (Å²) in [6.45, 7) is 0. The van der Waals surface area contributed by atoms with E-state index in [2.05, 4.69) is 0 Å². The maximum absolute atomic E-state index is 13.8. The lowest BCUT2D eigenvalue weighted by Crippen LogP contribution is -2.26. The Bertz CT molecular complexity index is 1350. The van der Waals surface area contributed by atoms with Gasteiger partial charge in [0, 0.05) is 11.1 Å². The predicted octanol–water partition coefficient (Wildman–Crippen LogP) is 6.63. The summed E-state index contributed by atoms with van der Waals surface area (Å²) in [7, 11) is -4.69. The van der Waals surface area contributed by atoms with Gasteiger partial charge in [-0.3, -0.25) is 4.72 Å². The third kappa shape index (κ3) is 7.06. The minimum absolute atomic E-state index is 0.0429. The van der Waals surface area contributed by atoms with Crippen molar-refractivity contribution in [3.63, 3.8) is 0 Å². The first-order chi connectivity index (χ1) is 16.2. The number of carbonyl (C=O) groups is 1. The number of ether oxygens (including phenoxy) is 1. The summed E-state index contributed by atoms with van der Waals surface area (Å²) in [6.07, 6.45) is -6.77. The zero-order valence-electron chi connectivity index (χ0n) is 17.2. The Balaban J connectivity index is 1.97. The smallest absolute Gasteiger partial charge is 0.418 e. The maximum atomic E-state index is 13.8. The normalized spacial score (nSPS) is 12.8. The Morgan fingerprint density at radius 3 is 2.20 bits per heavy atom. The van der Waals surface area contributed by atoms with Gasteiger partial charge in [-0.15, -0.1) is 0 Å². The SMILES string of the molecule is O=C(OC(CS(=O)(=O)Nc1ccc(Cl)cc1C(F)(F)F)c1cc(F)cc(F)c1)c1ccccc1Cl. The number of hydrogen-bond donors (Lipinski definition) is 1. The molecule has 0 aliphatic heterocycles. The first-order valence-electron chi connectivity index (χ1n) is 9.54. The van der Waals surface area contributed by atoms with E-state index in [1.165, 1.54) is 24.3 Å². The second-order valence-corrected chi connectivity index (χ2v) is 9.76. The fraction of sp³-hybridized carbons (Fsp3) is 0.136. The molecule has 0 aliphatic rings. The maximum Gasteiger partial charge on any atom is 0.418 e. The van der Waals surface area contributed by atoms with Gasteiger partial charge in [0.15, 0.2) is 0 Å².